The van der Waals surface area contributed by atoms with Crippen LogP contribution in [0.15, 0.2) is 78.9 Å². The molecule has 28 heavy (non-hydrogen) atoms. The summed E-state index contributed by atoms with van der Waals surface area (Å²) in [6.07, 6.45) is 0. The third-order valence-electron chi connectivity index (χ3n) is 4.32. The van der Waals surface area contributed by atoms with Crippen LogP contribution in [0.4, 0.5) is 11.4 Å². The minimum Gasteiger partial charge on any atom is -0.326 e. The van der Waals surface area contributed by atoms with Crippen LogP contribution >= 0.6 is 0 Å². The molecule has 0 unspecified atom stereocenters. The maximum atomic E-state index is 12.8. The fourth-order valence-electron chi connectivity index (χ4n) is 2.71. The lowest BCUT2D eigenvalue weighted by atomic mass is 9.95. The van der Waals surface area contributed by atoms with E-state index in [4.69, 9.17) is 0 Å². The first-order valence-electron chi connectivity index (χ1n) is 9.22. The molecule has 0 saturated heterocycles. The van der Waals surface area contributed by atoms with E-state index in [1.165, 1.54) is 0 Å². The number of carbonyl (C=O) groups is 2. The lowest BCUT2D eigenvalue weighted by molar-refractivity contribution is -0.123. The van der Waals surface area contributed by atoms with Gasteiger partial charge >= 0.3 is 0 Å². The van der Waals surface area contributed by atoms with Crippen molar-refractivity contribution in [2.75, 3.05) is 10.6 Å². The zero-order chi connectivity index (χ0) is 20.1. The molecule has 3 rings (SSSR count). The van der Waals surface area contributed by atoms with Crippen molar-refractivity contribution >= 4 is 23.2 Å². The topological polar surface area (TPSA) is 58.2 Å². The van der Waals surface area contributed by atoms with Gasteiger partial charge in [0, 0.05) is 27.9 Å². The highest BCUT2D eigenvalue weighted by molar-refractivity contribution is 6.07. The Morgan fingerprint density at radius 1 is 0.750 bits per heavy atom. The van der Waals surface area contributed by atoms with Crippen molar-refractivity contribution in [1.82, 2.24) is 0 Å². The summed E-state index contributed by atoms with van der Waals surface area (Å²) < 4.78 is 0. The number of benzene rings is 3. The fourth-order valence-corrected chi connectivity index (χ4v) is 2.71. The van der Waals surface area contributed by atoms with Crippen molar-refractivity contribution in [3.05, 3.63) is 84.4 Å². The van der Waals surface area contributed by atoms with Gasteiger partial charge in [0.2, 0.25) is 5.91 Å². The number of amides is 2. The van der Waals surface area contributed by atoms with Crippen LogP contribution in [0.2, 0.25) is 0 Å². The maximum Gasteiger partial charge on any atom is 0.255 e. The van der Waals surface area contributed by atoms with E-state index in [1.54, 1.807) is 24.3 Å². The number of nitrogens with one attached hydrogen (secondary N) is 2. The maximum absolute atomic E-state index is 12.8. The standard InChI is InChI=1S/C24H24N2O2/c1-24(2,3)23(28)25-19-13-9-12-18(16-19)22(27)26-21-15-8-7-14-20(21)17-10-5-4-6-11-17/h4-16H,1-3H3,(H,25,28)(H,26,27). The molecule has 0 aliphatic rings. The molecular weight excluding hydrogens is 348 g/mol. The highest BCUT2D eigenvalue weighted by Crippen LogP contribution is 2.28. The molecule has 0 aliphatic heterocycles. The second-order valence-corrected chi connectivity index (χ2v) is 7.65. The van der Waals surface area contributed by atoms with Gasteiger partial charge in [0.25, 0.3) is 5.91 Å². The van der Waals surface area contributed by atoms with Gasteiger partial charge in [-0.15, -0.1) is 0 Å². The number of anilines is 2. The smallest absolute Gasteiger partial charge is 0.255 e. The molecule has 0 aliphatic carbocycles. The third kappa shape index (κ3) is 4.65. The van der Waals surface area contributed by atoms with Crippen molar-refractivity contribution in [2.45, 2.75) is 20.8 Å². The molecule has 142 valence electrons. The molecular formula is C24H24N2O2. The van der Waals surface area contributed by atoms with Crippen LogP contribution in [-0.2, 0) is 4.79 Å². The van der Waals surface area contributed by atoms with E-state index < -0.39 is 5.41 Å². The Hall–Kier alpha value is -3.40. The molecule has 0 spiro atoms. The summed E-state index contributed by atoms with van der Waals surface area (Å²) in [5.41, 5.74) is 3.30. The summed E-state index contributed by atoms with van der Waals surface area (Å²) in [6.45, 7) is 5.54. The van der Waals surface area contributed by atoms with Crippen molar-refractivity contribution in [3.63, 3.8) is 0 Å². The summed E-state index contributed by atoms with van der Waals surface area (Å²) in [6, 6.07) is 24.6. The van der Waals surface area contributed by atoms with Crippen molar-refractivity contribution in [2.24, 2.45) is 5.41 Å². The molecule has 3 aromatic rings. The Labute approximate surface area is 165 Å². The van der Waals surface area contributed by atoms with E-state index in [1.807, 2.05) is 75.4 Å². The summed E-state index contributed by atoms with van der Waals surface area (Å²) in [7, 11) is 0. The van der Waals surface area contributed by atoms with Gasteiger partial charge in [-0.1, -0.05) is 75.4 Å². The average Bonchev–Trinajstić information content (AvgIpc) is 2.68. The minimum absolute atomic E-state index is 0.0977. The number of hydrogen-bond acceptors (Lipinski definition) is 2. The number of carbonyl (C=O) groups excluding carboxylic acids is 2. The van der Waals surface area contributed by atoms with E-state index >= 15 is 0 Å². The quantitative estimate of drug-likeness (QED) is 0.627. The molecule has 4 nitrogen and oxygen atoms in total. The van der Waals surface area contributed by atoms with Gasteiger partial charge in [-0.3, -0.25) is 9.59 Å². The molecule has 3 aromatic carbocycles. The molecule has 0 heterocycles. The molecule has 0 atom stereocenters. The Morgan fingerprint density at radius 2 is 1.43 bits per heavy atom. The van der Waals surface area contributed by atoms with E-state index in [9.17, 15) is 9.59 Å². The molecule has 0 bridgehead atoms. The number of para-hydroxylation sites is 1. The molecule has 0 fully saturated rings. The van der Waals surface area contributed by atoms with E-state index in [0.29, 0.717) is 11.3 Å². The third-order valence-corrected chi connectivity index (χ3v) is 4.32. The van der Waals surface area contributed by atoms with Crippen LogP contribution < -0.4 is 10.6 Å². The highest BCUT2D eigenvalue weighted by Gasteiger charge is 2.21. The lowest BCUT2D eigenvalue weighted by Crippen LogP contribution is -2.27. The largest absolute Gasteiger partial charge is 0.326 e. The number of hydrogen-bond donors (Lipinski definition) is 2. The first-order valence-corrected chi connectivity index (χ1v) is 9.22. The summed E-state index contributed by atoms with van der Waals surface area (Å²) in [4.78, 5) is 25.0. The van der Waals surface area contributed by atoms with Gasteiger partial charge in [0.15, 0.2) is 0 Å². The van der Waals surface area contributed by atoms with Gasteiger partial charge < -0.3 is 10.6 Å². The molecule has 2 amide bonds. The minimum atomic E-state index is -0.507. The lowest BCUT2D eigenvalue weighted by Gasteiger charge is -2.18. The van der Waals surface area contributed by atoms with Crippen molar-refractivity contribution in [1.29, 1.82) is 0 Å². The van der Waals surface area contributed by atoms with Crippen LogP contribution in [0.25, 0.3) is 11.1 Å². The van der Waals surface area contributed by atoms with Gasteiger partial charge in [-0.05, 0) is 29.8 Å². The Balaban J connectivity index is 1.82. The van der Waals surface area contributed by atoms with Crippen LogP contribution in [0.1, 0.15) is 31.1 Å². The van der Waals surface area contributed by atoms with Gasteiger partial charge in [-0.2, -0.15) is 0 Å². The van der Waals surface area contributed by atoms with Crippen LogP contribution in [0.5, 0.6) is 0 Å². The van der Waals surface area contributed by atoms with Crippen molar-refractivity contribution < 1.29 is 9.59 Å². The normalized spacial score (nSPS) is 11.0. The molecule has 2 N–H and O–H groups in total. The highest BCUT2D eigenvalue weighted by atomic mass is 16.2. The zero-order valence-electron chi connectivity index (χ0n) is 16.3. The Kier molecular flexibility index (Phi) is 5.59. The average molecular weight is 372 g/mol. The SMILES string of the molecule is CC(C)(C)C(=O)Nc1cccc(C(=O)Nc2ccccc2-c2ccccc2)c1. The Morgan fingerprint density at radius 3 is 2.14 bits per heavy atom. The monoisotopic (exact) mass is 372 g/mol. The second-order valence-electron chi connectivity index (χ2n) is 7.65. The van der Waals surface area contributed by atoms with Gasteiger partial charge in [-0.25, -0.2) is 0 Å². The molecule has 0 radical (unpaired) electrons. The Bertz CT molecular complexity index is 989. The molecule has 4 heteroatoms. The first kappa shape index (κ1) is 19.4. The van der Waals surface area contributed by atoms with E-state index in [-0.39, 0.29) is 11.8 Å². The molecule has 0 saturated carbocycles. The van der Waals surface area contributed by atoms with Crippen LogP contribution in [0, 0.1) is 5.41 Å². The molecule has 0 aromatic heterocycles. The van der Waals surface area contributed by atoms with Crippen LogP contribution in [0.3, 0.4) is 0 Å². The van der Waals surface area contributed by atoms with E-state index in [0.717, 1.165) is 16.8 Å². The fraction of sp³-hybridized carbons (Fsp3) is 0.167. The second kappa shape index (κ2) is 8.09. The predicted molar refractivity (Wildman–Crippen MR) is 114 cm³/mol. The summed E-state index contributed by atoms with van der Waals surface area (Å²) >= 11 is 0. The summed E-state index contributed by atoms with van der Waals surface area (Å²) in [5, 5.41) is 5.84. The van der Waals surface area contributed by atoms with Crippen LogP contribution in [-0.4, -0.2) is 11.8 Å². The van der Waals surface area contributed by atoms with E-state index in [2.05, 4.69) is 10.6 Å². The predicted octanol–water partition coefficient (Wildman–Crippen LogP) is 5.59. The van der Waals surface area contributed by atoms with Crippen molar-refractivity contribution in [3.8, 4) is 11.1 Å². The first-order chi connectivity index (χ1) is 13.3. The zero-order valence-corrected chi connectivity index (χ0v) is 16.3. The van der Waals surface area contributed by atoms with Gasteiger partial charge in [0.05, 0.1) is 0 Å². The number of rotatable bonds is 4. The summed E-state index contributed by atoms with van der Waals surface area (Å²) in [5.74, 6) is -0.324. The van der Waals surface area contributed by atoms with Gasteiger partial charge in [0.1, 0.15) is 0 Å².